The molecule has 1 spiro atoms. The summed E-state index contributed by atoms with van der Waals surface area (Å²) < 4.78 is 2.29. The van der Waals surface area contributed by atoms with Crippen LogP contribution in [-0.4, -0.2) is 62.6 Å². The lowest BCUT2D eigenvalue weighted by Gasteiger charge is -2.52. The molecule has 3 heterocycles. The Morgan fingerprint density at radius 3 is 2.34 bits per heavy atom. The second kappa shape index (κ2) is 11.6. The maximum Gasteiger partial charge on any atom is 0.246 e. The highest BCUT2D eigenvalue weighted by molar-refractivity contribution is 6.00. The Balaban J connectivity index is 0.00000342. The summed E-state index contributed by atoms with van der Waals surface area (Å²) in [6.07, 6.45) is 9.42. The van der Waals surface area contributed by atoms with Crippen LogP contribution in [0.1, 0.15) is 102 Å². The third-order valence-electron chi connectivity index (χ3n) is 8.42. The fourth-order valence-electron chi connectivity index (χ4n) is 6.46. The lowest BCUT2D eigenvalue weighted by atomic mass is 9.80. The number of piperidine rings is 1. The van der Waals surface area contributed by atoms with E-state index in [-0.39, 0.29) is 30.3 Å². The molecular formula is C27H46ClN5O2. The summed E-state index contributed by atoms with van der Waals surface area (Å²) in [5, 5.41) is 8.05. The number of hydrogen-bond donors (Lipinski definition) is 1. The van der Waals surface area contributed by atoms with Gasteiger partial charge in [0.15, 0.2) is 0 Å². The van der Waals surface area contributed by atoms with Crippen LogP contribution < -0.4 is 5.32 Å². The Bertz CT molecular complexity index is 884. The maximum absolute atomic E-state index is 13.4. The highest BCUT2D eigenvalue weighted by Gasteiger charge is 2.53. The van der Waals surface area contributed by atoms with Crippen LogP contribution in [0.3, 0.4) is 0 Å². The molecule has 0 aromatic carbocycles. The van der Waals surface area contributed by atoms with E-state index < -0.39 is 5.54 Å². The number of aromatic nitrogens is 2. The van der Waals surface area contributed by atoms with Crippen LogP contribution in [0.25, 0.3) is 0 Å². The number of rotatable bonds is 7. The topological polar surface area (TPSA) is 70.5 Å². The molecule has 0 radical (unpaired) electrons. The Hall–Kier alpha value is -1.60. The molecule has 4 rings (SSSR count). The van der Waals surface area contributed by atoms with E-state index in [1.807, 2.05) is 4.90 Å². The van der Waals surface area contributed by atoms with Gasteiger partial charge in [-0.3, -0.25) is 19.2 Å². The van der Waals surface area contributed by atoms with Crippen molar-refractivity contribution >= 4 is 24.2 Å². The van der Waals surface area contributed by atoms with Crippen molar-refractivity contribution in [3.05, 3.63) is 17.0 Å². The van der Waals surface area contributed by atoms with Gasteiger partial charge < -0.3 is 10.2 Å². The molecule has 3 aliphatic rings. The second-order valence-corrected chi connectivity index (χ2v) is 11.3. The minimum atomic E-state index is -0.687. The van der Waals surface area contributed by atoms with E-state index in [2.05, 4.69) is 49.5 Å². The minimum absolute atomic E-state index is 0. The molecule has 2 saturated heterocycles. The Labute approximate surface area is 217 Å². The first-order chi connectivity index (χ1) is 16.3. The average molecular weight is 508 g/mol. The molecule has 35 heavy (non-hydrogen) atoms. The molecular weight excluding hydrogens is 462 g/mol. The van der Waals surface area contributed by atoms with Gasteiger partial charge in [0.1, 0.15) is 11.6 Å². The molecule has 1 aromatic heterocycles. The van der Waals surface area contributed by atoms with E-state index in [9.17, 15) is 9.59 Å². The summed E-state index contributed by atoms with van der Waals surface area (Å²) in [5.41, 5.74) is 3.10. The van der Waals surface area contributed by atoms with Gasteiger partial charge in [-0.2, -0.15) is 5.10 Å². The second-order valence-electron chi connectivity index (χ2n) is 11.3. The summed E-state index contributed by atoms with van der Waals surface area (Å²) in [4.78, 5) is 31.2. The molecule has 2 amide bonds. The SMILES string of the molecule is CCCN1C(=O)[C@H](CC(C)C)NC(=O)C12CCN(Cc1c(C)nn(C3CCCCC3)c1C)CC2.Cl. The smallest absolute Gasteiger partial charge is 0.246 e. The van der Waals surface area contributed by atoms with Crippen LogP contribution in [0.5, 0.6) is 0 Å². The van der Waals surface area contributed by atoms with Gasteiger partial charge in [0.25, 0.3) is 0 Å². The normalized spacial score (nSPS) is 23.6. The number of carbonyl (C=O) groups excluding carboxylic acids is 2. The predicted molar refractivity (Wildman–Crippen MR) is 142 cm³/mol. The minimum Gasteiger partial charge on any atom is -0.342 e. The van der Waals surface area contributed by atoms with Crippen LogP contribution in [0.15, 0.2) is 0 Å². The first kappa shape index (κ1) is 28.0. The van der Waals surface area contributed by atoms with Crippen molar-refractivity contribution in [1.82, 2.24) is 24.9 Å². The van der Waals surface area contributed by atoms with Gasteiger partial charge in [-0.05, 0) is 58.3 Å². The van der Waals surface area contributed by atoms with Crippen molar-refractivity contribution in [2.24, 2.45) is 5.92 Å². The summed E-state index contributed by atoms with van der Waals surface area (Å²) >= 11 is 0. The fourth-order valence-corrected chi connectivity index (χ4v) is 6.46. The lowest BCUT2D eigenvalue weighted by molar-refractivity contribution is -0.161. The largest absolute Gasteiger partial charge is 0.342 e. The molecule has 1 aliphatic carbocycles. The molecule has 1 N–H and O–H groups in total. The van der Waals surface area contributed by atoms with Crippen LogP contribution in [0.2, 0.25) is 0 Å². The number of nitrogens with zero attached hydrogens (tertiary/aromatic N) is 4. The van der Waals surface area contributed by atoms with Crippen molar-refractivity contribution in [3.8, 4) is 0 Å². The Morgan fingerprint density at radius 1 is 1.09 bits per heavy atom. The van der Waals surface area contributed by atoms with Crippen molar-refractivity contribution in [1.29, 1.82) is 0 Å². The Kier molecular flexibility index (Phi) is 9.30. The third kappa shape index (κ3) is 5.56. The zero-order valence-corrected chi connectivity index (χ0v) is 23.3. The molecule has 1 aromatic rings. The number of amides is 2. The van der Waals surface area contributed by atoms with Gasteiger partial charge in [0.05, 0.1) is 11.7 Å². The van der Waals surface area contributed by atoms with Gasteiger partial charge in [-0.1, -0.05) is 40.0 Å². The summed E-state index contributed by atoms with van der Waals surface area (Å²) in [7, 11) is 0. The number of piperazine rings is 1. The summed E-state index contributed by atoms with van der Waals surface area (Å²) in [5.74, 6) is 0.544. The molecule has 2 aliphatic heterocycles. The highest BCUT2D eigenvalue weighted by Crippen LogP contribution is 2.35. The number of aryl methyl sites for hydroxylation is 1. The van der Waals surface area contributed by atoms with Crippen LogP contribution >= 0.6 is 12.4 Å². The highest BCUT2D eigenvalue weighted by atomic mass is 35.5. The number of likely N-dealkylation sites (tertiary alicyclic amines) is 1. The van der Waals surface area contributed by atoms with Crippen LogP contribution in [0.4, 0.5) is 0 Å². The molecule has 8 heteroatoms. The zero-order valence-electron chi connectivity index (χ0n) is 22.4. The van der Waals surface area contributed by atoms with Gasteiger partial charge in [0.2, 0.25) is 11.8 Å². The lowest BCUT2D eigenvalue weighted by Crippen LogP contribution is -2.73. The van der Waals surface area contributed by atoms with E-state index in [0.29, 0.717) is 37.8 Å². The number of nitrogens with one attached hydrogen (secondary N) is 1. The van der Waals surface area contributed by atoms with Crippen molar-refractivity contribution in [2.75, 3.05) is 19.6 Å². The van der Waals surface area contributed by atoms with Crippen molar-refractivity contribution in [2.45, 2.75) is 117 Å². The first-order valence-corrected chi connectivity index (χ1v) is 13.7. The van der Waals surface area contributed by atoms with E-state index >= 15 is 0 Å². The van der Waals surface area contributed by atoms with Gasteiger partial charge in [-0.15, -0.1) is 12.4 Å². The molecule has 0 bridgehead atoms. The summed E-state index contributed by atoms with van der Waals surface area (Å²) in [6.45, 7) is 13.8. The van der Waals surface area contributed by atoms with Crippen molar-refractivity contribution < 1.29 is 9.59 Å². The summed E-state index contributed by atoms with van der Waals surface area (Å²) in [6, 6.07) is 0.169. The first-order valence-electron chi connectivity index (χ1n) is 13.7. The number of halogens is 1. The molecule has 3 fully saturated rings. The quantitative estimate of drug-likeness (QED) is 0.588. The predicted octanol–water partition coefficient (Wildman–Crippen LogP) is 4.54. The molecule has 1 saturated carbocycles. The van der Waals surface area contributed by atoms with E-state index in [4.69, 9.17) is 5.10 Å². The van der Waals surface area contributed by atoms with E-state index in [1.54, 1.807) is 0 Å². The maximum atomic E-state index is 13.4. The van der Waals surface area contributed by atoms with Crippen LogP contribution in [-0.2, 0) is 16.1 Å². The van der Waals surface area contributed by atoms with E-state index in [0.717, 1.165) is 31.7 Å². The van der Waals surface area contributed by atoms with Crippen molar-refractivity contribution in [3.63, 3.8) is 0 Å². The van der Waals surface area contributed by atoms with Gasteiger partial charge >= 0.3 is 0 Å². The zero-order chi connectivity index (χ0) is 24.5. The number of carbonyl (C=O) groups is 2. The monoisotopic (exact) mass is 507 g/mol. The Morgan fingerprint density at radius 2 is 1.74 bits per heavy atom. The molecule has 0 unspecified atom stereocenters. The number of hydrogen-bond acceptors (Lipinski definition) is 4. The van der Waals surface area contributed by atoms with Gasteiger partial charge in [0, 0.05) is 37.4 Å². The molecule has 198 valence electrons. The standard InChI is InChI=1S/C27H45N5O2.ClH/c1-6-14-31-25(33)24(17-19(2)3)28-26(34)27(31)12-15-30(16-13-27)18-23-20(4)29-32(21(23)5)22-10-8-7-9-11-22;/h19,22,24H,6-18H2,1-5H3,(H,28,34);1H/t24-;/m0./s1. The molecule has 1 atom stereocenters. The fraction of sp³-hybridized carbons (Fsp3) is 0.815. The third-order valence-corrected chi connectivity index (χ3v) is 8.42. The van der Waals surface area contributed by atoms with Gasteiger partial charge in [-0.25, -0.2) is 0 Å². The van der Waals surface area contributed by atoms with Crippen LogP contribution in [0, 0.1) is 19.8 Å². The average Bonchev–Trinajstić information content (AvgIpc) is 3.10. The molecule has 7 nitrogen and oxygen atoms in total. The van der Waals surface area contributed by atoms with E-state index in [1.165, 1.54) is 43.4 Å².